The molecule has 0 saturated carbocycles. The number of aromatic nitrogens is 4. The van der Waals surface area contributed by atoms with Gasteiger partial charge in [-0.05, 0) is 48.2 Å². The fraction of sp³-hybridized carbons (Fsp3) is 0.125. The molecule has 58 heavy (non-hydrogen) atoms. The van der Waals surface area contributed by atoms with E-state index < -0.39 is 11.9 Å². The van der Waals surface area contributed by atoms with E-state index >= 15 is 0 Å². The molecule has 0 unspecified atom stereocenters. The molecule has 0 amide bonds. The Morgan fingerprint density at radius 2 is 0.724 bits per heavy atom. The van der Waals surface area contributed by atoms with Gasteiger partial charge in [0.1, 0.15) is 11.4 Å². The second kappa shape index (κ2) is 21.0. The summed E-state index contributed by atoms with van der Waals surface area (Å²) in [4.78, 5) is 38.4. The Morgan fingerprint density at radius 1 is 0.414 bits per heavy atom. The van der Waals surface area contributed by atoms with Crippen LogP contribution in [0, 0.1) is 0 Å². The molecule has 10 heteroatoms. The highest BCUT2D eigenvalue weighted by Crippen LogP contribution is 2.34. The molecule has 0 aliphatic heterocycles. The van der Waals surface area contributed by atoms with Gasteiger partial charge in [-0.1, -0.05) is 121 Å². The lowest BCUT2D eigenvalue weighted by molar-refractivity contribution is -0.138. The summed E-state index contributed by atoms with van der Waals surface area (Å²) in [5, 5.41) is 17.6. The Morgan fingerprint density at radius 3 is 1.03 bits per heavy atom. The Labute approximate surface area is 336 Å². The quantitative estimate of drug-likeness (QED) is 0.116. The molecule has 8 aromatic rings. The summed E-state index contributed by atoms with van der Waals surface area (Å²) in [5.41, 5.74) is 7.90. The topological polar surface area (TPSA) is 152 Å². The summed E-state index contributed by atoms with van der Waals surface area (Å²) >= 11 is 0. The first kappa shape index (κ1) is 40.2. The highest BCUT2D eigenvalue weighted by molar-refractivity contribution is 5.78. The molecule has 0 spiro atoms. The number of hydrogen-bond acceptors (Lipinski definition) is 8. The molecule has 4 aromatic carbocycles. The second-order valence-corrected chi connectivity index (χ2v) is 13.0. The number of aryl methyl sites for hydroxylation is 4. The summed E-state index contributed by atoms with van der Waals surface area (Å²) in [7, 11) is 0. The van der Waals surface area contributed by atoms with E-state index in [1.165, 1.54) is 11.1 Å². The van der Waals surface area contributed by atoms with Crippen molar-refractivity contribution in [1.29, 1.82) is 0 Å². The Balaban J connectivity index is 0.000000151. The van der Waals surface area contributed by atoms with Gasteiger partial charge in [0, 0.05) is 59.9 Å². The zero-order valence-electron chi connectivity index (χ0n) is 31.7. The minimum Gasteiger partial charge on any atom is -0.481 e. The third kappa shape index (κ3) is 12.0. The van der Waals surface area contributed by atoms with Gasteiger partial charge in [-0.25, -0.2) is 9.97 Å². The molecule has 290 valence electrons. The van der Waals surface area contributed by atoms with Crippen molar-refractivity contribution in [2.24, 2.45) is 0 Å². The van der Waals surface area contributed by atoms with E-state index in [1.807, 2.05) is 146 Å². The number of rotatable bonds is 13. The van der Waals surface area contributed by atoms with Gasteiger partial charge < -0.3 is 19.0 Å². The molecule has 4 aromatic heterocycles. The standard InChI is InChI=1S/2C18H15NO3.C12H12N2/c2*20-16(21)12-11-15-19-17(13-7-3-1-4-8-13)18(22-15)14-9-5-2-6-10-14;1(11-3-7-13-8-4-11)2-12-5-9-14-10-6-12/h2*1-10H,11-12H2,(H,20,21);3-10H,1-2H2. The number of benzene rings is 4. The number of carboxylic acids is 2. The number of carboxylic acid groups (broad SMARTS) is 2. The van der Waals surface area contributed by atoms with Crippen LogP contribution < -0.4 is 0 Å². The Bertz CT molecular complexity index is 2150. The number of oxazole rings is 2. The van der Waals surface area contributed by atoms with Crippen LogP contribution in [0.15, 0.2) is 179 Å². The molecule has 0 radical (unpaired) electrons. The van der Waals surface area contributed by atoms with Crippen LogP contribution in [0.2, 0.25) is 0 Å². The van der Waals surface area contributed by atoms with E-state index in [0.717, 1.165) is 46.5 Å². The summed E-state index contributed by atoms with van der Waals surface area (Å²) in [6.45, 7) is 0. The van der Waals surface area contributed by atoms with Crippen molar-refractivity contribution < 1.29 is 28.6 Å². The molecular formula is C48H42N4O6. The minimum absolute atomic E-state index is 0.00295. The van der Waals surface area contributed by atoms with Gasteiger partial charge >= 0.3 is 11.9 Å². The Hall–Kier alpha value is -7.46. The lowest BCUT2D eigenvalue weighted by atomic mass is 10.1. The van der Waals surface area contributed by atoms with Crippen LogP contribution in [0.25, 0.3) is 45.2 Å². The van der Waals surface area contributed by atoms with E-state index in [0.29, 0.717) is 23.3 Å². The molecule has 0 aliphatic rings. The first-order valence-electron chi connectivity index (χ1n) is 18.9. The number of carbonyl (C=O) groups is 2. The average Bonchev–Trinajstić information content (AvgIpc) is 3.92. The third-order valence-corrected chi connectivity index (χ3v) is 8.82. The molecule has 0 saturated heterocycles. The molecule has 2 N–H and O–H groups in total. The third-order valence-electron chi connectivity index (χ3n) is 8.82. The van der Waals surface area contributed by atoms with Crippen LogP contribution in [-0.4, -0.2) is 42.1 Å². The van der Waals surface area contributed by atoms with Crippen LogP contribution in [0.3, 0.4) is 0 Å². The number of aliphatic carboxylic acids is 2. The molecule has 4 heterocycles. The van der Waals surface area contributed by atoms with Gasteiger partial charge in [0.15, 0.2) is 23.3 Å². The highest BCUT2D eigenvalue weighted by atomic mass is 16.4. The van der Waals surface area contributed by atoms with E-state index in [-0.39, 0.29) is 25.7 Å². The monoisotopic (exact) mass is 770 g/mol. The van der Waals surface area contributed by atoms with Crippen molar-refractivity contribution in [2.75, 3.05) is 0 Å². The van der Waals surface area contributed by atoms with Gasteiger partial charge in [-0.15, -0.1) is 0 Å². The summed E-state index contributed by atoms with van der Waals surface area (Å²) in [5.74, 6) is 0.515. The minimum atomic E-state index is -0.860. The van der Waals surface area contributed by atoms with Gasteiger partial charge in [0.05, 0.1) is 12.8 Å². The SMILES string of the molecule is O=C(O)CCc1nc(-c2ccccc2)c(-c2ccccc2)o1.O=C(O)CCc1nc(-c2ccccc2)c(-c2ccccc2)o1.c1cc(CCc2ccncc2)ccn1. The molecule has 0 atom stereocenters. The first-order chi connectivity index (χ1) is 28.4. The molecule has 8 rings (SSSR count). The van der Waals surface area contributed by atoms with Crippen molar-refractivity contribution in [1.82, 2.24) is 19.9 Å². The summed E-state index contributed by atoms with van der Waals surface area (Å²) in [6.07, 6.45) is 10.0. The van der Waals surface area contributed by atoms with Crippen molar-refractivity contribution in [3.05, 3.63) is 193 Å². The highest BCUT2D eigenvalue weighted by Gasteiger charge is 2.18. The van der Waals surface area contributed by atoms with Crippen molar-refractivity contribution in [3.8, 4) is 45.2 Å². The normalized spacial score (nSPS) is 10.4. The van der Waals surface area contributed by atoms with Crippen LogP contribution in [0.4, 0.5) is 0 Å². The zero-order valence-corrected chi connectivity index (χ0v) is 31.7. The predicted octanol–water partition coefficient (Wildman–Crippen LogP) is 10.3. The van der Waals surface area contributed by atoms with E-state index in [4.69, 9.17) is 19.0 Å². The molecule has 0 fully saturated rings. The van der Waals surface area contributed by atoms with Crippen molar-refractivity contribution >= 4 is 11.9 Å². The van der Waals surface area contributed by atoms with Crippen molar-refractivity contribution in [2.45, 2.75) is 38.5 Å². The van der Waals surface area contributed by atoms with E-state index in [9.17, 15) is 9.59 Å². The number of nitrogens with zero attached hydrogens (tertiary/aromatic N) is 4. The fourth-order valence-corrected chi connectivity index (χ4v) is 5.91. The van der Waals surface area contributed by atoms with E-state index in [1.54, 1.807) is 0 Å². The second-order valence-electron chi connectivity index (χ2n) is 13.0. The lowest BCUT2D eigenvalue weighted by Crippen LogP contribution is -1.97. The van der Waals surface area contributed by atoms with Crippen LogP contribution in [0.5, 0.6) is 0 Å². The summed E-state index contributed by atoms with van der Waals surface area (Å²) in [6, 6.07) is 47.1. The molecule has 0 aliphatic carbocycles. The first-order valence-corrected chi connectivity index (χ1v) is 18.9. The predicted molar refractivity (Wildman–Crippen MR) is 223 cm³/mol. The largest absolute Gasteiger partial charge is 0.481 e. The maximum Gasteiger partial charge on any atom is 0.303 e. The lowest BCUT2D eigenvalue weighted by Gasteiger charge is -2.00. The molecule has 10 nitrogen and oxygen atoms in total. The van der Waals surface area contributed by atoms with Crippen molar-refractivity contribution in [3.63, 3.8) is 0 Å². The zero-order chi connectivity index (χ0) is 40.4. The Kier molecular flexibility index (Phi) is 14.6. The number of pyridine rings is 2. The molecule has 0 bridgehead atoms. The van der Waals surface area contributed by atoms with E-state index in [2.05, 4.69) is 44.2 Å². The van der Waals surface area contributed by atoms with Crippen LogP contribution in [0.1, 0.15) is 35.7 Å². The van der Waals surface area contributed by atoms with Gasteiger partial charge in [-0.2, -0.15) is 0 Å². The van der Waals surface area contributed by atoms with Crippen LogP contribution in [-0.2, 0) is 35.3 Å². The van der Waals surface area contributed by atoms with Gasteiger partial charge in [0.2, 0.25) is 0 Å². The number of hydrogen-bond donors (Lipinski definition) is 2. The van der Waals surface area contributed by atoms with Crippen LogP contribution >= 0.6 is 0 Å². The maximum atomic E-state index is 10.7. The maximum absolute atomic E-state index is 10.7. The smallest absolute Gasteiger partial charge is 0.303 e. The van der Waals surface area contributed by atoms with Gasteiger partial charge in [0.25, 0.3) is 0 Å². The summed E-state index contributed by atoms with van der Waals surface area (Å²) < 4.78 is 11.7. The molecular weight excluding hydrogens is 729 g/mol. The van der Waals surface area contributed by atoms with Gasteiger partial charge in [-0.3, -0.25) is 19.6 Å². The fourth-order valence-electron chi connectivity index (χ4n) is 5.91. The average molecular weight is 771 g/mol.